The van der Waals surface area contributed by atoms with Crippen molar-refractivity contribution in [1.29, 1.82) is 0 Å². The lowest BCUT2D eigenvalue weighted by Crippen LogP contribution is -2.36. The molecule has 1 heterocycles. The lowest BCUT2D eigenvalue weighted by molar-refractivity contribution is -0.146. The fourth-order valence-electron chi connectivity index (χ4n) is 4.55. The molecule has 4 atom stereocenters. The Balaban J connectivity index is 1.53. The van der Waals surface area contributed by atoms with E-state index in [0.717, 1.165) is 24.1 Å². The molecule has 0 aromatic heterocycles. The summed E-state index contributed by atoms with van der Waals surface area (Å²) in [4.78, 5) is 37.6. The molecule has 3 aliphatic rings. The third-order valence-corrected chi connectivity index (χ3v) is 5.67. The van der Waals surface area contributed by atoms with E-state index in [4.69, 9.17) is 0 Å². The van der Waals surface area contributed by atoms with Crippen LogP contribution in [0.1, 0.15) is 18.9 Å². The average Bonchev–Trinajstić information content (AvgIpc) is 3.27. The van der Waals surface area contributed by atoms with Crippen LogP contribution in [0.3, 0.4) is 0 Å². The standard InChI is InChI=1S/C19H20N2O4/c1-10(22)21-7-6-11-9-14(4-5-15(11)21)20-18(23)16-12-2-3-13(8-12)17(16)19(24)25/h2-5,9,12-13,16-17H,6-8H2,1H3,(H,20,23)(H,24,25)/t12-,13-,16-,17-/m0/s1. The van der Waals surface area contributed by atoms with Crippen LogP contribution in [0, 0.1) is 23.7 Å². The summed E-state index contributed by atoms with van der Waals surface area (Å²) in [5, 5.41) is 12.4. The molecule has 0 spiro atoms. The molecule has 1 aromatic carbocycles. The third-order valence-electron chi connectivity index (χ3n) is 5.67. The Kier molecular flexibility index (Phi) is 3.63. The number of fused-ring (bicyclic) bond motifs is 3. The van der Waals surface area contributed by atoms with Crippen molar-refractivity contribution in [3.63, 3.8) is 0 Å². The van der Waals surface area contributed by atoms with Crippen LogP contribution in [0.5, 0.6) is 0 Å². The molecule has 25 heavy (non-hydrogen) atoms. The highest BCUT2D eigenvalue weighted by atomic mass is 16.4. The van der Waals surface area contributed by atoms with Crippen LogP contribution >= 0.6 is 0 Å². The van der Waals surface area contributed by atoms with Crippen LogP contribution in [0.2, 0.25) is 0 Å². The van der Waals surface area contributed by atoms with Crippen LogP contribution in [0.15, 0.2) is 30.4 Å². The first-order valence-electron chi connectivity index (χ1n) is 8.58. The largest absolute Gasteiger partial charge is 0.481 e. The number of carboxylic acids is 1. The van der Waals surface area contributed by atoms with Gasteiger partial charge in [-0.15, -0.1) is 0 Å². The van der Waals surface area contributed by atoms with Gasteiger partial charge in [0.05, 0.1) is 11.8 Å². The van der Waals surface area contributed by atoms with Gasteiger partial charge in [0.25, 0.3) is 0 Å². The number of anilines is 2. The van der Waals surface area contributed by atoms with E-state index in [1.807, 2.05) is 24.3 Å². The lowest BCUT2D eigenvalue weighted by Gasteiger charge is -2.24. The fraction of sp³-hybridized carbons (Fsp3) is 0.421. The van der Waals surface area contributed by atoms with Crippen molar-refractivity contribution >= 4 is 29.2 Å². The predicted molar refractivity (Wildman–Crippen MR) is 92.2 cm³/mol. The van der Waals surface area contributed by atoms with E-state index in [2.05, 4.69) is 5.32 Å². The van der Waals surface area contributed by atoms with Gasteiger partial charge in [-0.05, 0) is 48.4 Å². The van der Waals surface area contributed by atoms with Crippen molar-refractivity contribution in [1.82, 2.24) is 0 Å². The van der Waals surface area contributed by atoms with Gasteiger partial charge in [0.2, 0.25) is 11.8 Å². The molecule has 0 radical (unpaired) electrons. The Morgan fingerprint density at radius 3 is 2.56 bits per heavy atom. The lowest BCUT2D eigenvalue weighted by atomic mass is 9.82. The van der Waals surface area contributed by atoms with E-state index in [9.17, 15) is 19.5 Å². The fourth-order valence-corrected chi connectivity index (χ4v) is 4.55. The summed E-state index contributed by atoms with van der Waals surface area (Å²) in [7, 11) is 0. The number of nitrogens with zero attached hydrogens (tertiary/aromatic N) is 1. The van der Waals surface area contributed by atoms with Gasteiger partial charge in [0.15, 0.2) is 0 Å². The van der Waals surface area contributed by atoms with Gasteiger partial charge in [-0.25, -0.2) is 0 Å². The number of nitrogens with one attached hydrogen (secondary N) is 1. The van der Waals surface area contributed by atoms with Crippen molar-refractivity contribution in [2.75, 3.05) is 16.8 Å². The monoisotopic (exact) mass is 340 g/mol. The summed E-state index contributed by atoms with van der Waals surface area (Å²) < 4.78 is 0. The summed E-state index contributed by atoms with van der Waals surface area (Å²) >= 11 is 0. The van der Waals surface area contributed by atoms with Crippen LogP contribution < -0.4 is 10.2 Å². The first-order chi connectivity index (χ1) is 12.0. The number of carboxylic acid groups (broad SMARTS) is 1. The highest BCUT2D eigenvalue weighted by molar-refractivity contribution is 5.98. The van der Waals surface area contributed by atoms with E-state index in [0.29, 0.717) is 12.2 Å². The quantitative estimate of drug-likeness (QED) is 0.825. The molecule has 1 aliphatic heterocycles. The van der Waals surface area contributed by atoms with Crippen molar-refractivity contribution in [3.8, 4) is 0 Å². The van der Waals surface area contributed by atoms with Gasteiger partial charge in [-0.2, -0.15) is 0 Å². The number of hydrogen-bond donors (Lipinski definition) is 2. The van der Waals surface area contributed by atoms with Crippen molar-refractivity contribution in [2.24, 2.45) is 23.7 Å². The van der Waals surface area contributed by atoms with Gasteiger partial charge in [-0.3, -0.25) is 14.4 Å². The molecule has 6 nitrogen and oxygen atoms in total. The maximum atomic E-state index is 12.7. The summed E-state index contributed by atoms with van der Waals surface area (Å²) in [5.41, 5.74) is 2.57. The Morgan fingerprint density at radius 1 is 1.16 bits per heavy atom. The molecular weight excluding hydrogens is 320 g/mol. The minimum atomic E-state index is -0.900. The number of carbonyl (C=O) groups excluding carboxylic acids is 2. The topological polar surface area (TPSA) is 86.7 Å². The number of aliphatic carboxylic acids is 1. The van der Waals surface area contributed by atoms with E-state index in [1.54, 1.807) is 17.9 Å². The van der Waals surface area contributed by atoms with Crippen molar-refractivity contribution < 1.29 is 19.5 Å². The molecule has 1 saturated carbocycles. The molecule has 6 heteroatoms. The normalized spacial score (nSPS) is 28.9. The number of carbonyl (C=O) groups is 3. The molecule has 4 rings (SSSR count). The summed E-state index contributed by atoms with van der Waals surface area (Å²) in [6.45, 7) is 2.19. The molecule has 1 aromatic rings. The zero-order chi connectivity index (χ0) is 17.7. The molecule has 2 N–H and O–H groups in total. The second-order valence-electron chi connectivity index (χ2n) is 7.09. The van der Waals surface area contributed by atoms with Crippen LogP contribution in [0.4, 0.5) is 11.4 Å². The summed E-state index contributed by atoms with van der Waals surface area (Å²) in [5.74, 6) is -2.31. The zero-order valence-electron chi connectivity index (χ0n) is 13.9. The second-order valence-corrected chi connectivity index (χ2v) is 7.09. The van der Waals surface area contributed by atoms with Crippen LogP contribution in [-0.2, 0) is 20.8 Å². The Labute approximate surface area is 145 Å². The molecule has 1 fully saturated rings. The SMILES string of the molecule is CC(=O)N1CCc2cc(NC(=O)[C@@H]3[C@@H](C(=O)O)[C@H]4C=C[C@H]3C4)ccc21. The predicted octanol–water partition coefficient (Wildman–Crippen LogP) is 2.06. The molecule has 0 unspecified atom stereocenters. The summed E-state index contributed by atoms with van der Waals surface area (Å²) in [6, 6.07) is 5.50. The maximum absolute atomic E-state index is 12.7. The molecule has 130 valence electrons. The number of amides is 2. The Morgan fingerprint density at radius 2 is 1.88 bits per heavy atom. The molecule has 0 saturated heterocycles. The highest BCUT2D eigenvalue weighted by Crippen LogP contribution is 2.48. The van der Waals surface area contributed by atoms with Gasteiger partial charge >= 0.3 is 5.97 Å². The van der Waals surface area contributed by atoms with Gasteiger partial charge in [0, 0.05) is 24.8 Å². The summed E-state index contributed by atoms with van der Waals surface area (Å²) in [6.07, 6.45) is 5.40. The number of hydrogen-bond acceptors (Lipinski definition) is 3. The van der Waals surface area contributed by atoms with E-state index >= 15 is 0 Å². The van der Waals surface area contributed by atoms with Gasteiger partial charge in [-0.1, -0.05) is 12.2 Å². The van der Waals surface area contributed by atoms with E-state index in [-0.39, 0.29) is 23.7 Å². The second kappa shape index (κ2) is 5.72. The molecule has 2 amide bonds. The van der Waals surface area contributed by atoms with Crippen LogP contribution in [-0.4, -0.2) is 29.4 Å². The van der Waals surface area contributed by atoms with Crippen LogP contribution in [0.25, 0.3) is 0 Å². The first kappa shape index (κ1) is 15.9. The maximum Gasteiger partial charge on any atom is 0.307 e. The molecule has 2 bridgehead atoms. The van der Waals surface area contributed by atoms with E-state index in [1.165, 1.54) is 0 Å². The van der Waals surface area contributed by atoms with E-state index < -0.39 is 17.8 Å². The average molecular weight is 340 g/mol. The number of rotatable bonds is 3. The number of allylic oxidation sites excluding steroid dienone is 2. The minimum Gasteiger partial charge on any atom is -0.481 e. The molecule has 2 aliphatic carbocycles. The zero-order valence-corrected chi connectivity index (χ0v) is 13.9. The smallest absolute Gasteiger partial charge is 0.307 e. The Bertz CT molecular complexity index is 801. The molecular formula is C19H20N2O4. The first-order valence-corrected chi connectivity index (χ1v) is 8.58. The Hall–Kier alpha value is -2.63. The minimum absolute atomic E-state index is 0.00797. The van der Waals surface area contributed by atoms with Crippen molar-refractivity contribution in [3.05, 3.63) is 35.9 Å². The number of benzene rings is 1. The van der Waals surface area contributed by atoms with Gasteiger partial charge in [0.1, 0.15) is 0 Å². The van der Waals surface area contributed by atoms with Gasteiger partial charge < -0.3 is 15.3 Å². The highest BCUT2D eigenvalue weighted by Gasteiger charge is 2.51. The van der Waals surface area contributed by atoms with Crippen molar-refractivity contribution in [2.45, 2.75) is 19.8 Å². The third kappa shape index (κ3) is 2.52.